The molecule has 1 amide bonds. The molecule has 0 aromatic heterocycles. The van der Waals surface area contributed by atoms with Crippen molar-refractivity contribution in [3.63, 3.8) is 0 Å². The average Bonchev–Trinajstić information content (AvgIpc) is 2.72. The minimum atomic E-state index is -1.15. The fourth-order valence-corrected chi connectivity index (χ4v) is 3.55. The third-order valence-corrected chi connectivity index (χ3v) is 4.95. The summed E-state index contributed by atoms with van der Waals surface area (Å²) in [7, 11) is 0. The van der Waals surface area contributed by atoms with Gasteiger partial charge in [0.1, 0.15) is 11.9 Å². The minimum absolute atomic E-state index is 0.0596. The lowest BCUT2D eigenvalue weighted by Gasteiger charge is -2.17. The maximum absolute atomic E-state index is 13.2. The number of aliphatic carboxylic acids is 1. The summed E-state index contributed by atoms with van der Waals surface area (Å²) in [5, 5.41) is 15.6. The molecule has 5 heteroatoms. The van der Waals surface area contributed by atoms with Gasteiger partial charge in [-0.1, -0.05) is 60.7 Å². The Morgan fingerprint density at radius 1 is 0.862 bits per heavy atom. The first-order valence-corrected chi connectivity index (χ1v) is 9.21. The van der Waals surface area contributed by atoms with E-state index in [-0.39, 0.29) is 6.42 Å². The minimum Gasteiger partial charge on any atom is -0.480 e. The number of hydrogen-bond acceptors (Lipinski definition) is 2. The molecule has 0 heterocycles. The third-order valence-electron chi connectivity index (χ3n) is 4.95. The summed E-state index contributed by atoms with van der Waals surface area (Å²) < 4.78 is 13.1. The second kappa shape index (κ2) is 7.72. The van der Waals surface area contributed by atoms with Crippen LogP contribution in [0.25, 0.3) is 21.5 Å². The van der Waals surface area contributed by atoms with E-state index >= 15 is 0 Å². The van der Waals surface area contributed by atoms with Crippen LogP contribution in [0.4, 0.5) is 4.39 Å². The monoisotopic (exact) mass is 387 g/mol. The van der Waals surface area contributed by atoms with Crippen LogP contribution in [0.2, 0.25) is 0 Å². The SMILES string of the molecule is O=C(N[C@H](Cc1ccc(F)cc1)C(=O)O)c1c2ccccc2cc2ccccc12. The van der Waals surface area contributed by atoms with Gasteiger partial charge >= 0.3 is 5.97 Å². The molecule has 4 rings (SSSR count). The molecule has 4 aromatic rings. The number of halogens is 1. The van der Waals surface area contributed by atoms with E-state index in [0.29, 0.717) is 11.1 Å². The number of nitrogens with one attached hydrogen (secondary N) is 1. The molecule has 0 unspecified atom stereocenters. The summed E-state index contributed by atoms with van der Waals surface area (Å²) in [4.78, 5) is 25.0. The van der Waals surface area contributed by atoms with E-state index < -0.39 is 23.7 Å². The summed E-state index contributed by atoms with van der Waals surface area (Å²) in [5.74, 6) is -1.99. The summed E-state index contributed by atoms with van der Waals surface area (Å²) in [6.07, 6.45) is 0.0596. The number of benzene rings is 4. The predicted octanol–water partition coefficient (Wildman–Crippen LogP) is 4.56. The Hall–Kier alpha value is -3.73. The highest BCUT2D eigenvalue weighted by Crippen LogP contribution is 2.28. The van der Waals surface area contributed by atoms with Gasteiger partial charge in [-0.05, 0) is 45.3 Å². The molecule has 2 N–H and O–H groups in total. The van der Waals surface area contributed by atoms with E-state index in [1.54, 1.807) is 0 Å². The van der Waals surface area contributed by atoms with Gasteiger partial charge in [0, 0.05) is 6.42 Å². The lowest BCUT2D eigenvalue weighted by atomic mass is 9.96. The van der Waals surface area contributed by atoms with Crippen molar-refractivity contribution in [1.82, 2.24) is 5.32 Å². The Kier molecular flexibility index (Phi) is 4.96. The first-order valence-electron chi connectivity index (χ1n) is 9.21. The van der Waals surface area contributed by atoms with Gasteiger partial charge in [-0.15, -0.1) is 0 Å². The fraction of sp³-hybridized carbons (Fsp3) is 0.0833. The van der Waals surface area contributed by atoms with E-state index in [1.165, 1.54) is 24.3 Å². The zero-order valence-electron chi connectivity index (χ0n) is 15.4. The number of hydrogen-bond donors (Lipinski definition) is 2. The third kappa shape index (κ3) is 3.80. The van der Waals surface area contributed by atoms with Gasteiger partial charge in [0.05, 0.1) is 5.56 Å². The van der Waals surface area contributed by atoms with E-state index in [0.717, 1.165) is 21.5 Å². The van der Waals surface area contributed by atoms with Gasteiger partial charge in [0.25, 0.3) is 5.91 Å². The summed E-state index contributed by atoms with van der Waals surface area (Å²) in [6, 6.07) is 21.5. The first kappa shape index (κ1) is 18.6. The van der Waals surface area contributed by atoms with Crippen LogP contribution in [0.15, 0.2) is 78.9 Å². The lowest BCUT2D eigenvalue weighted by molar-refractivity contribution is -0.139. The molecule has 1 atom stereocenters. The van der Waals surface area contributed by atoms with Crippen LogP contribution in [0.1, 0.15) is 15.9 Å². The second-order valence-electron chi connectivity index (χ2n) is 6.89. The van der Waals surface area contributed by atoms with Crippen molar-refractivity contribution in [1.29, 1.82) is 0 Å². The molecule has 29 heavy (non-hydrogen) atoms. The zero-order valence-corrected chi connectivity index (χ0v) is 15.4. The Labute approximate surface area is 166 Å². The second-order valence-corrected chi connectivity index (χ2v) is 6.89. The highest BCUT2D eigenvalue weighted by atomic mass is 19.1. The van der Waals surface area contributed by atoms with Crippen LogP contribution < -0.4 is 5.32 Å². The van der Waals surface area contributed by atoms with Gasteiger partial charge < -0.3 is 10.4 Å². The Balaban J connectivity index is 1.73. The predicted molar refractivity (Wildman–Crippen MR) is 110 cm³/mol. The molecule has 4 nitrogen and oxygen atoms in total. The molecular formula is C24H18FNO3. The highest BCUT2D eigenvalue weighted by molar-refractivity contribution is 6.18. The van der Waals surface area contributed by atoms with E-state index in [2.05, 4.69) is 5.32 Å². The summed E-state index contributed by atoms with van der Waals surface area (Å²) >= 11 is 0. The Morgan fingerprint density at radius 2 is 1.41 bits per heavy atom. The van der Waals surface area contributed by atoms with Crippen molar-refractivity contribution >= 4 is 33.4 Å². The normalized spacial score (nSPS) is 12.0. The molecular weight excluding hydrogens is 369 g/mol. The number of carbonyl (C=O) groups excluding carboxylic acids is 1. The van der Waals surface area contributed by atoms with Crippen LogP contribution in [-0.2, 0) is 11.2 Å². The molecule has 0 saturated heterocycles. The molecule has 0 aliphatic rings. The topological polar surface area (TPSA) is 66.4 Å². The van der Waals surface area contributed by atoms with Gasteiger partial charge in [0.2, 0.25) is 0 Å². The summed E-state index contributed by atoms with van der Waals surface area (Å²) in [5.41, 5.74) is 1.07. The standard InChI is InChI=1S/C24H18FNO3/c25-18-11-9-15(10-12-18)13-21(24(28)29)26-23(27)22-19-7-3-1-5-16(19)14-17-6-2-4-8-20(17)22/h1-12,14,21H,13H2,(H,26,27)(H,28,29)/t21-/m1/s1. The number of fused-ring (bicyclic) bond motifs is 2. The maximum Gasteiger partial charge on any atom is 0.326 e. The molecule has 0 spiro atoms. The molecule has 0 fully saturated rings. The number of carboxylic acids is 1. The van der Waals surface area contributed by atoms with Crippen LogP contribution in [-0.4, -0.2) is 23.0 Å². The van der Waals surface area contributed by atoms with Gasteiger partial charge in [-0.25, -0.2) is 9.18 Å². The quantitative estimate of drug-likeness (QED) is 0.494. The molecule has 4 aromatic carbocycles. The van der Waals surface area contributed by atoms with Crippen LogP contribution >= 0.6 is 0 Å². The first-order chi connectivity index (χ1) is 14.0. The van der Waals surface area contributed by atoms with Crippen molar-refractivity contribution in [2.24, 2.45) is 0 Å². The van der Waals surface area contributed by atoms with Crippen LogP contribution in [0, 0.1) is 5.82 Å². The largest absolute Gasteiger partial charge is 0.480 e. The molecule has 0 bridgehead atoms. The van der Waals surface area contributed by atoms with Gasteiger partial charge in [-0.3, -0.25) is 4.79 Å². The molecule has 0 aliphatic carbocycles. The highest BCUT2D eigenvalue weighted by Gasteiger charge is 2.23. The van der Waals surface area contributed by atoms with Crippen molar-refractivity contribution in [3.8, 4) is 0 Å². The fourth-order valence-electron chi connectivity index (χ4n) is 3.55. The van der Waals surface area contributed by atoms with Crippen LogP contribution in [0.5, 0.6) is 0 Å². The number of carboxylic acid groups (broad SMARTS) is 1. The van der Waals surface area contributed by atoms with E-state index in [9.17, 15) is 19.1 Å². The van der Waals surface area contributed by atoms with Crippen molar-refractivity contribution in [3.05, 3.63) is 95.8 Å². The van der Waals surface area contributed by atoms with E-state index in [4.69, 9.17) is 0 Å². The van der Waals surface area contributed by atoms with Crippen LogP contribution in [0.3, 0.4) is 0 Å². The maximum atomic E-state index is 13.2. The number of amides is 1. The molecule has 0 aliphatic heterocycles. The smallest absolute Gasteiger partial charge is 0.326 e. The lowest BCUT2D eigenvalue weighted by Crippen LogP contribution is -2.42. The average molecular weight is 387 g/mol. The molecule has 0 saturated carbocycles. The van der Waals surface area contributed by atoms with Crippen molar-refractivity contribution < 1.29 is 19.1 Å². The summed E-state index contributed by atoms with van der Waals surface area (Å²) in [6.45, 7) is 0. The number of carbonyl (C=O) groups is 2. The molecule has 0 radical (unpaired) electrons. The van der Waals surface area contributed by atoms with Crippen molar-refractivity contribution in [2.75, 3.05) is 0 Å². The Morgan fingerprint density at radius 3 is 1.97 bits per heavy atom. The van der Waals surface area contributed by atoms with Gasteiger partial charge in [-0.2, -0.15) is 0 Å². The zero-order chi connectivity index (χ0) is 20.4. The van der Waals surface area contributed by atoms with Crippen molar-refractivity contribution in [2.45, 2.75) is 12.5 Å². The van der Waals surface area contributed by atoms with E-state index in [1.807, 2.05) is 54.6 Å². The van der Waals surface area contributed by atoms with Gasteiger partial charge in [0.15, 0.2) is 0 Å². The number of rotatable bonds is 5. The molecule has 144 valence electrons. The Bertz CT molecular complexity index is 1160.